The van der Waals surface area contributed by atoms with Gasteiger partial charge in [0.05, 0.1) is 5.56 Å². The summed E-state index contributed by atoms with van der Waals surface area (Å²) in [6, 6.07) is 6.70. The minimum atomic E-state index is -1.55. The molecule has 1 N–H and O–H groups in total. The zero-order valence-corrected chi connectivity index (χ0v) is 16.7. The average Bonchev–Trinajstić information content (AvgIpc) is 2.72. The highest BCUT2D eigenvalue weighted by Crippen LogP contribution is 2.39. The molecule has 2 nitrogen and oxygen atoms in total. The Hall–Kier alpha value is -2.30. The van der Waals surface area contributed by atoms with Crippen LogP contribution >= 0.6 is 0 Å². The van der Waals surface area contributed by atoms with Crippen molar-refractivity contribution in [3.63, 3.8) is 0 Å². The molecule has 0 atom stereocenters. The standard InChI is InChI=1S/C24H27F3O2/c1-2-3-4-5-15-6-8-16(9-7-15)17-10-11-19(24(28)29)20(12-17)18-13-21(25)23(27)22(26)14-18/h10-16H,2-9H2,1H3,(H,28,29). The molecule has 1 aliphatic rings. The van der Waals surface area contributed by atoms with Crippen LogP contribution in [0.15, 0.2) is 30.3 Å². The predicted octanol–water partition coefficient (Wildman–Crippen LogP) is 7.32. The summed E-state index contributed by atoms with van der Waals surface area (Å²) in [6.07, 6.45) is 9.35. The Kier molecular flexibility index (Phi) is 6.99. The van der Waals surface area contributed by atoms with Gasteiger partial charge < -0.3 is 5.11 Å². The fraction of sp³-hybridized carbons (Fsp3) is 0.458. The summed E-state index contributed by atoms with van der Waals surface area (Å²) in [5, 5.41) is 9.50. The molecule has 29 heavy (non-hydrogen) atoms. The molecule has 2 aromatic rings. The fourth-order valence-corrected chi connectivity index (χ4v) is 4.42. The van der Waals surface area contributed by atoms with Crippen LogP contribution in [0.4, 0.5) is 13.2 Å². The number of benzene rings is 2. The van der Waals surface area contributed by atoms with Gasteiger partial charge in [-0.15, -0.1) is 0 Å². The van der Waals surface area contributed by atoms with Crippen molar-refractivity contribution in [3.05, 3.63) is 58.9 Å². The van der Waals surface area contributed by atoms with E-state index in [9.17, 15) is 23.1 Å². The van der Waals surface area contributed by atoms with E-state index in [4.69, 9.17) is 0 Å². The number of carboxylic acids is 1. The molecule has 0 spiro atoms. The smallest absolute Gasteiger partial charge is 0.336 e. The SMILES string of the molecule is CCCCCC1CCC(c2ccc(C(=O)O)c(-c3cc(F)c(F)c(F)c3)c2)CC1. The number of rotatable bonds is 7. The largest absolute Gasteiger partial charge is 0.478 e. The molecule has 1 saturated carbocycles. The number of unbranched alkanes of at least 4 members (excludes halogenated alkanes) is 2. The third-order valence-corrected chi connectivity index (χ3v) is 6.10. The van der Waals surface area contributed by atoms with Crippen LogP contribution in [0.1, 0.15) is 80.1 Å². The molecule has 0 aromatic heterocycles. The van der Waals surface area contributed by atoms with Crippen LogP contribution < -0.4 is 0 Å². The lowest BCUT2D eigenvalue weighted by Crippen LogP contribution is -2.14. The molecule has 0 aliphatic heterocycles. The van der Waals surface area contributed by atoms with Crippen LogP contribution in [0.5, 0.6) is 0 Å². The molecule has 2 aromatic carbocycles. The lowest BCUT2D eigenvalue weighted by Gasteiger charge is -2.29. The number of carbonyl (C=O) groups is 1. The van der Waals surface area contributed by atoms with E-state index in [0.717, 1.165) is 49.3 Å². The van der Waals surface area contributed by atoms with E-state index < -0.39 is 23.4 Å². The van der Waals surface area contributed by atoms with Crippen LogP contribution in [0.25, 0.3) is 11.1 Å². The summed E-state index contributed by atoms with van der Waals surface area (Å²) < 4.78 is 40.8. The van der Waals surface area contributed by atoms with Gasteiger partial charge in [0, 0.05) is 0 Å². The van der Waals surface area contributed by atoms with Gasteiger partial charge in [0.2, 0.25) is 0 Å². The topological polar surface area (TPSA) is 37.3 Å². The van der Waals surface area contributed by atoms with Crippen molar-refractivity contribution in [1.29, 1.82) is 0 Å². The molecule has 0 radical (unpaired) electrons. The fourth-order valence-electron chi connectivity index (χ4n) is 4.42. The molecule has 0 heterocycles. The van der Waals surface area contributed by atoms with Crippen molar-refractivity contribution in [2.45, 2.75) is 64.2 Å². The highest BCUT2D eigenvalue weighted by molar-refractivity contribution is 5.96. The first-order valence-electron chi connectivity index (χ1n) is 10.4. The maximum Gasteiger partial charge on any atom is 0.336 e. The third-order valence-electron chi connectivity index (χ3n) is 6.10. The normalized spacial score (nSPS) is 19.3. The lowest BCUT2D eigenvalue weighted by atomic mass is 9.76. The molecule has 0 bridgehead atoms. The second-order valence-corrected chi connectivity index (χ2v) is 8.08. The molecule has 1 aliphatic carbocycles. The van der Waals surface area contributed by atoms with Gasteiger partial charge in [-0.05, 0) is 72.4 Å². The first-order chi connectivity index (χ1) is 13.9. The van der Waals surface area contributed by atoms with Crippen molar-refractivity contribution >= 4 is 5.97 Å². The second kappa shape index (κ2) is 9.47. The van der Waals surface area contributed by atoms with E-state index in [1.165, 1.54) is 31.7 Å². The zero-order chi connectivity index (χ0) is 21.0. The molecule has 0 amide bonds. The minimum Gasteiger partial charge on any atom is -0.478 e. The van der Waals surface area contributed by atoms with Crippen molar-refractivity contribution < 1.29 is 23.1 Å². The summed E-state index contributed by atoms with van der Waals surface area (Å²) in [6.45, 7) is 2.20. The van der Waals surface area contributed by atoms with Gasteiger partial charge in [0.25, 0.3) is 0 Å². The van der Waals surface area contributed by atoms with Gasteiger partial charge in [-0.1, -0.05) is 44.7 Å². The first-order valence-corrected chi connectivity index (χ1v) is 10.4. The van der Waals surface area contributed by atoms with E-state index in [1.807, 2.05) is 0 Å². The highest BCUT2D eigenvalue weighted by atomic mass is 19.2. The lowest BCUT2D eigenvalue weighted by molar-refractivity contribution is 0.0697. The van der Waals surface area contributed by atoms with Crippen LogP contribution in [0.3, 0.4) is 0 Å². The van der Waals surface area contributed by atoms with Crippen LogP contribution in [-0.2, 0) is 0 Å². The molecule has 1 fully saturated rings. The molecule has 3 rings (SSSR count). The second-order valence-electron chi connectivity index (χ2n) is 8.08. The Balaban J connectivity index is 1.84. The van der Waals surface area contributed by atoms with Crippen molar-refractivity contribution in [2.24, 2.45) is 5.92 Å². The number of hydrogen-bond donors (Lipinski definition) is 1. The predicted molar refractivity (Wildman–Crippen MR) is 108 cm³/mol. The summed E-state index contributed by atoms with van der Waals surface area (Å²) in [5.41, 5.74) is 1.18. The highest BCUT2D eigenvalue weighted by Gasteiger charge is 2.24. The van der Waals surface area contributed by atoms with Crippen LogP contribution in [-0.4, -0.2) is 11.1 Å². The molecule has 0 saturated heterocycles. The van der Waals surface area contributed by atoms with Crippen LogP contribution in [0.2, 0.25) is 0 Å². The quantitative estimate of drug-likeness (QED) is 0.388. The van der Waals surface area contributed by atoms with E-state index in [0.29, 0.717) is 5.92 Å². The molecule has 0 unspecified atom stereocenters. The number of carboxylic acid groups (broad SMARTS) is 1. The number of halogens is 3. The van der Waals surface area contributed by atoms with Gasteiger partial charge >= 0.3 is 5.97 Å². The van der Waals surface area contributed by atoms with Gasteiger partial charge in [-0.25, -0.2) is 18.0 Å². The maximum absolute atomic E-state index is 13.7. The summed E-state index contributed by atoms with van der Waals surface area (Å²) >= 11 is 0. The van der Waals surface area contributed by atoms with E-state index in [-0.39, 0.29) is 16.7 Å². The van der Waals surface area contributed by atoms with E-state index in [1.54, 1.807) is 12.1 Å². The number of aromatic carboxylic acids is 1. The van der Waals surface area contributed by atoms with Gasteiger partial charge in [0.15, 0.2) is 17.5 Å². The summed E-state index contributed by atoms with van der Waals surface area (Å²) in [4.78, 5) is 11.6. The molecular formula is C24H27F3O2. The molecular weight excluding hydrogens is 377 g/mol. The first kappa shape index (κ1) is 21.4. The number of hydrogen-bond acceptors (Lipinski definition) is 1. The Morgan fingerprint density at radius 2 is 1.66 bits per heavy atom. The van der Waals surface area contributed by atoms with Crippen molar-refractivity contribution in [2.75, 3.05) is 0 Å². The minimum absolute atomic E-state index is 0.0360. The maximum atomic E-state index is 13.7. The Morgan fingerprint density at radius 3 is 2.24 bits per heavy atom. The molecule has 156 valence electrons. The average molecular weight is 404 g/mol. The van der Waals surface area contributed by atoms with Crippen LogP contribution in [0, 0.1) is 23.4 Å². The monoisotopic (exact) mass is 404 g/mol. The third kappa shape index (κ3) is 5.01. The Bertz CT molecular complexity index is 847. The van der Waals surface area contributed by atoms with Gasteiger partial charge in [-0.2, -0.15) is 0 Å². The van der Waals surface area contributed by atoms with E-state index >= 15 is 0 Å². The van der Waals surface area contributed by atoms with Crippen molar-refractivity contribution in [1.82, 2.24) is 0 Å². The molecule has 5 heteroatoms. The van der Waals surface area contributed by atoms with Gasteiger partial charge in [-0.3, -0.25) is 0 Å². The Labute approximate surface area is 169 Å². The summed E-state index contributed by atoms with van der Waals surface area (Å²) in [5.74, 6) is -4.34. The Morgan fingerprint density at radius 1 is 1.00 bits per heavy atom. The zero-order valence-electron chi connectivity index (χ0n) is 16.7. The van der Waals surface area contributed by atoms with Crippen molar-refractivity contribution in [3.8, 4) is 11.1 Å². The van der Waals surface area contributed by atoms with E-state index in [2.05, 4.69) is 6.92 Å². The summed E-state index contributed by atoms with van der Waals surface area (Å²) in [7, 11) is 0. The van der Waals surface area contributed by atoms with Gasteiger partial charge in [0.1, 0.15) is 0 Å².